The summed E-state index contributed by atoms with van der Waals surface area (Å²) in [5.41, 5.74) is 1.70. The SMILES string of the molecule is [2H]C([2H])([2H])NC(=O)c1cnc(NC(=O)C2CC2)cc1Nc1cnn2ccccc12. The van der Waals surface area contributed by atoms with Gasteiger partial charge in [0.05, 0.1) is 28.7 Å². The molecule has 0 bridgehead atoms. The van der Waals surface area contributed by atoms with Gasteiger partial charge in [0.15, 0.2) is 0 Å². The van der Waals surface area contributed by atoms with E-state index in [0.29, 0.717) is 11.4 Å². The molecule has 0 aromatic carbocycles. The minimum Gasteiger partial charge on any atom is -0.355 e. The second-order valence-electron chi connectivity index (χ2n) is 6.05. The summed E-state index contributed by atoms with van der Waals surface area (Å²) >= 11 is 0. The highest BCUT2D eigenvalue weighted by Crippen LogP contribution is 2.31. The lowest BCUT2D eigenvalue weighted by atomic mass is 10.2. The van der Waals surface area contributed by atoms with Crippen LogP contribution in [0.3, 0.4) is 0 Å². The zero-order valence-electron chi connectivity index (χ0n) is 16.7. The third-order valence-electron chi connectivity index (χ3n) is 4.16. The van der Waals surface area contributed by atoms with E-state index in [-0.39, 0.29) is 23.2 Å². The summed E-state index contributed by atoms with van der Waals surface area (Å²) in [6, 6.07) is 7.02. The van der Waals surface area contributed by atoms with Gasteiger partial charge in [-0.1, -0.05) is 6.07 Å². The molecule has 2 amide bonds. The molecule has 26 heavy (non-hydrogen) atoms. The normalized spacial score (nSPS) is 15.6. The van der Waals surface area contributed by atoms with Crippen molar-refractivity contribution in [1.29, 1.82) is 0 Å². The predicted molar refractivity (Wildman–Crippen MR) is 97.5 cm³/mol. The molecular formula is C18H18N6O2. The second-order valence-corrected chi connectivity index (χ2v) is 6.05. The first-order valence-electron chi connectivity index (χ1n) is 9.63. The molecule has 1 saturated carbocycles. The molecular weight excluding hydrogens is 332 g/mol. The number of nitrogens with one attached hydrogen (secondary N) is 3. The van der Waals surface area contributed by atoms with Gasteiger partial charge in [-0.3, -0.25) is 9.59 Å². The third kappa shape index (κ3) is 3.08. The maximum absolute atomic E-state index is 12.5. The Morgan fingerprint density at radius 1 is 1.27 bits per heavy atom. The molecule has 3 aromatic heterocycles. The number of fused-ring (bicyclic) bond motifs is 1. The summed E-state index contributed by atoms with van der Waals surface area (Å²) in [7, 11) is 0. The lowest BCUT2D eigenvalue weighted by Gasteiger charge is -2.12. The van der Waals surface area contributed by atoms with Gasteiger partial charge in [0, 0.05) is 35.5 Å². The minimum atomic E-state index is -2.64. The molecule has 0 atom stereocenters. The Hall–Kier alpha value is -3.42. The number of aromatic nitrogens is 3. The zero-order chi connectivity index (χ0) is 20.6. The fraction of sp³-hybridized carbons (Fsp3) is 0.222. The summed E-state index contributed by atoms with van der Waals surface area (Å²) in [5.74, 6) is -0.673. The first kappa shape index (κ1) is 12.9. The van der Waals surface area contributed by atoms with Crippen molar-refractivity contribution < 1.29 is 13.7 Å². The molecule has 1 aliphatic carbocycles. The van der Waals surface area contributed by atoms with Crippen molar-refractivity contribution in [2.45, 2.75) is 12.8 Å². The number of amides is 2. The number of pyridine rings is 2. The van der Waals surface area contributed by atoms with Gasteiger partial charge in [0.2, 0.25) is 5.91 Å². The van der Waals surface area contributed by atoms with Crippen LogP contribution < -0.4 is 16.0 Å². The number of hydrogen-bond donors (Lipinski definition) is 3. The molecule has 3 heterocycles. The number of hydrogen-bond acceptors (Lipinski definition) is 5. The maximum Gasteiger partial charge on any atom is 0.254 e. The summed E-state index contributed by atoms with van der Waals surface area (Å²) in [6.45, 7) is -2.64. The molecule has 3 aromatic rings. The monoisotopic (exact) mass is 353 g/mol. The topological polar surface area (TPSA) is 100 Å². The highest BCUT2D eigenvalue weighted by molar-refractivity contribution is 6.01. The highest BCUT2D eigenvalue weighted by atomic mass is 16.2. The number of nitrogens with zero attached hydrogens (tertiary/aromatic N) is 3. The Morgan fingerprint density at radius 3 is 2.96 bits per heavy atom. The van der Waals surface area contributed by atoms with Crippen LogP contribution in [-0.4, -0.2) is 33.4 Å². The molecule has 0 unspecified atom stereocenters. The van der Waals surface area contributed by atoms with Gasteiger partial charge in [0.1, 0.15) is 5.82 Å². The number of carbonyl (C=O) groups is 2. The Balaban J connectivity index is 1.68. The molecule has 0 saturated heterocycles. The van der Waals surface area contributed by atoms with E-state index in [0.717, 1.165) is 18.4 Å². The van der Waals surface area contributed by atoms with Crippen molar-refractivity contribution in [2.75, 3.05) is 17.6 Å². The largest absolute Gasteiger partial charge is 0.355 e. The first-order valence-corrected chi connectivity index (χ1v) is 8.13. The summed E-state index contributed by atoms with van der Waals surface area (Å²) in [6.07, 6.45) is 6.29. The van der Waals surface area contributed by atoms with E-state index in [1.807, 2.05) is 23.5 Å². The number of carbonyl (C=O) groups excluding carboxylic acids is 2. The average Bonchev–Trinajstić information content (AvgIpc) is 3.43. The van der Waals surface area contributed by atoms with E-state index in [4.69, 9.17) is 4.11 Å². The molecule has 8 heteroatoms. The van der Waals surface area contributed by atoms with Crippen LogP contribution in [0, 0.1) is 5.92 Å². The van der Waals surface area contributed by atoms with Crippen molar-refractivity contribution in [3.8, 4) is 0 Å². The zero-order valence-corrected chi connectivity index (χ0v) is 13.7. The van der Waals surface area contributed by atoms with Crippen molar-refractivity contribution in [3.63, 3.8) is 0 Å². The third-order valence-corrected chi connectivity index (χ3v) is 4.16. The van der Waals surface area contributed by atoms with Gasteiger partial charge in [-0.05, 0) is 25.0 Å². The van der Waals surface area contributed by atoms with E-state index < -0.39 is 12.9 Å². The quantitative estimate of drug-likeness (QED) is 0.653. The van der Waals surface area contributed by atoms with Crippen LogP contribution in [0.4, 0.5) is 17.2 Å². The van der Waals surface area contributed by atoms with Gasteiger partial charge < -0.3 is 16.0 Å². The average molecular weight is 353 g/mol. The molecule has 8 nitrogen and oxygen atoms in total. The number of rotatable bonds is 5. The Kier molecular flexibility index (Phi) is 3.20. The van der Waals surface area contributed by atoms with Crippen molar-refractivity contribution in [3.05, 3.63) is 48.4 Å². The van der Waals surface area contributed by atoms with Crippen molar-refractivity contribution in [2.24, 2.45) is 5.92 Å². The highest BCUT2D eigenvalue weighted by Gasteiger charge is 2.30. The lowest BCUT2D eigenvalue weighted by Crippen LogP contribution is -2.20. The van der Waals surface area contributed by atoms with Gasteiger partial charge in [0.25, 0.3) is 5.91 Å². The van der Waals surface area contributed by atoms with Gasteiger partial charge in [-0.25, -0.2) is 9.50 Å². The maximum atomic E-state index is 12.5. The Bertz CT molecular complexity index is 1090. The Morgan fingerprint density at radius 2 is 2.15 bits per heavy atom. The van der Waals surface area contributed by atoms with E-state index >= 15 is 0 Å². The Labute approximate surface area is 153 Å². The first-order chi connectivity index (χ1) is 13.8. The van der Waals surface area contributed by atoms with Crippen LogP contribution in [0.5, 0.6) is 0 Å². The molecule has 3 N–H and O–H groups in total. The van der Waals surface area contributed by atoms with Crippen molar-refractivity contribution >= 4 is 34.5 Å². The van der Waals surface area contributed by atoms with E-state index in [1.165, 1.54) is 12.3 Å². The standard InChI is InChI=1S/C18H18N6O2/c1-19-18(26)12-9-20-16(23-17(25)11-5-6-11)8-13(12)22-14-10-21-24-7-3-2-4-15(14)24/h2-4,7-11H,5-6H2,1H3,(H,19,26)(H2,20,22,23,25)/i1D3. The van der Waals surface area contributed by atoms with Crippen LogP contribution in [0.25, 0.3) is 5.52 Å². The van der Waals surface area contributed by atoms with Crippen molar-refractivity contribution in [1.82, 2.24) is 19.9 Å². The molecule has 0 radical (unpaired) electrons. The molecule has 1 fully saturated rings. The lowest BCUT2D eigenvalue weighted by molar-refractivity contribution is -0.117. The molecule has 0 spiro atoms. The molecule has 1 aliphatic rings. The van der Waals surface area contributed by atoms with Crippen LogP contribution in [-0.2, 0) is 4.79 Å². The summed E-state index contributed by atoms with van der Waals surface area (Å²) in [4.78, 5) is 28.6. The van der Waals surface area contributed by atoms with Gasteiger partial charge in [-0.15, -0.1) is 0 Å². The summed E-state index contributed by atoms with van der Waals surface area (Å²) < 4.78 is 23.5. The predicted octanol–water partition coefficient (Wildman–Crippen LogP) is 2.18. The van der Waals surface area contributed by atoms with E-state index in [9.17, 15) is 9.59 Å². The fourth-order valence-electron chi connectivity index (χ4n) is 2.63. The van der Waals surface area contributed by atoms with Crippen LogP contribution in [0.2, 0.25) is 0 Å². The molecule has 4 rings (SSSR count). The van der Waals surface area contributed by atoms with Gasteiger partial charge >= 0.3 is 0 Å². The minimum absolute atomic E-state index is 0.00800. The smallest absolute Gasteiger partial charge is 0.254 e. The van der Waals surface area contributed by atoms with Gasteiger partial charge in [-0.2, -0.15) is 5.10 Å². The molecule has 0 aliphatic heterocycles. The summed E-state index contributed by atoms with van der Waals surface area (Å²) in [5, 5.41) is 12.0. The van der Waals surface area contributed by atoms with Crippen LogP contribution in [0.1, 0.15) is 27.3 Å². The van der Waals surface area contributed by atoms with E-state index in [2.05, 4.69) is 20.7 Å². The second kappa shape index (κ2) is 6.47. The number of anilines is 3. The molecule has 132 valence electrons. The fourth-order valence-corrected chi connectivity index (χ4v) is 2.63. The van der Waals surface area contributed by atoms with E-state index in [1.54, 1.807) is 16.9 Å². The van der Waals surface area contributed by atoms with Crippen LogP contribution in [0.15, 0.2) is 42.9 Å². The van der Waals surface area contributed by atoms with Crippen LogP contribution >= 0.6 is 0 Å².